The first kappa shape index (κ1) is 17.1. The minimum Gasteiger partial charge on any atom is -0.497 e. The normalized spacial score (nSPS) is 16.3. The van der Waals surface area contributed by atoms with Crippen molar-refractivity contribution in [3.05, 3.63) is 77.9 Å². The number of benzene rings is 2. The van der Waals surface area contributed by atoms with Crippen molar-refractivity contribution in [1.29, 1.82) is 0 Å². The number of imidazole rings is 1. The molecule has 1 N–H and O–H groups in total. The number of carbonyl (C=O) groups excluding carboxylic acids is 1. The number of ether oxygens (including phenoxy) is 2. The monoisotopic (exact) mass is 363 g/mol. The Balaban J connectivity index is 1.58. The summed E-state index contributed by atoms with van der Waals surface area (Å²) < 4.78 is 13.0. The summed E-state index contributed by atoms with van der Waals surface area (Å²) in [6.45, 7) is 0. The summed E-state index contributed by atoms with van der Waals surface area (Å²) in [7, 11) is 3.54. The van der Waals surface area contributed by atoms with Gasteiger partial charge in [0.15, 0.2) is 6.10 Å². The van der Waals surface area contributed by atoms with Crippen molar-refractivity contribution in [2.24, 2.45) is 7.05 Å². The number of nitrogens with zero attached hydrogens (tertiary/aromatic N) is 2. The maximum Gasteiger partial charge on any atom is 0.262 e. The number of carbonyl (C=O) groups is 1. The molecule has 0 saturated heterocycles. The SMILES string of the molecule is COc1ccc(C(NC(=O)C2Cc3ccccc3O2)c2nccn2C)cc1. The summed E-state index contributed by atoms with van der Waals surface area (Å²) in [5.41, 5.74) is 1.98. The van der Waals surface area contributed by atoms with Gasteiger partial charge in [-0.15, -0.1) is 0 Å². The summed E-state index contributed by atoms with van der Waals surface area (Å²) in [5.74, 6) is 2.13. The molecule has 2 unspecified atom stereocenters. The molecule has 0 aliphatic carbocycles. The number of fused-ring (bicyclic) bond motifs is 1. The first-order valence-corrected chi connectivity index (χ1v) is 8.82. The molecule has 0 bridgehead atoms. The number of hydrogen-bond acceptors (Lipinski definition) is 4. The summed E-state index contributed by atoms with van der Waals surface area (Å²) >= 11 is 0. The molecule has 0 spiro atoms. The third-order valence-electron chi connectivity index (χ3n) is 4.79. The van der Waals surface area contributed by atoms with Gasteiger partial charge in [0, 0.05) is 25.9 Å². The van der Waals surface area contributed by atoms with Crippen LogP contribution in [0.2, 0.25) is 0 Å². The number of para-hydroxylation sites is 1. The van der Waals surface area contributed by atoms with E-state index in [4.69, 9.17) is 9.47 Å². The molecule has 2 atom stereocenters. The van der Waals surface area contributed by atoms with Crippen molar-refractivity contribution < 1.29 is 14.3 Å². The summed E-state index contributed by atoms with van der Waals surface area (Å²) in [4.78, 5) is 17.4. The van der Waals surface area contributed by atoms with Gasteiger partial charge >= 0.3 is 0 Å². The maximum atomic E-state index is 12.9. The Kier molecular flexibility index (Phi) is 4.54. The van der Waals surface area contributed by atoms with E-state index in [-0.39, 0.29) is 11.9 Å². The Morgan fingerprint density at radius 3 is 2.70 bits per heavy atom. The molecule has 138 valence electrons. The van der Waals surface area contributed by atoms with Gasteiger partial charge in [-0.25, -0.2) is 4.98 Å². The van der Waals surface area contributed by atoms with E-state index >= 15 is 0 Å². The van der Waals surface area contributed by atoms with Gasteiger partial charge in [-0.3, -0.25) is 4.79 Å². The average molecular weight is 363 g/mol. The van der Waals surface area contributed by atoms with E-state index in [2.05, 4.69) is 10.3 Å². The van der Waals surface area contributed by atoms with Crippen LogP contribution in [0.1, 0.15) is 23.0 Å². The fourth-order valence-electron chi connectivity index (χ4n) is 3.31. The highest BCUT2D eigenvalue weighted by Crippen LogP contribution is 2.29. The van der Waals surface area contributed by atoms with Crippen molar-refractivity contribution in [3.8, 4) is 11.5 Å². The van der Waals surface area contributed by atoms with Gasteiger partial charge in [0.25, 0.3) is 5.91 Å². The number of amides is 1. The quantitative estimate of drug-likeness (QED) is 0.757. The van der Waals surface area contributed by atoms with Crippen molar-refractivity contribution in [2.75, 3.05) is 7.11 Å². The molecule has 0 fully saturated rings. The zero-order valence-electron chi connectivity index (χ0n) is 15.3. The molecule has 0 saturated carbocycles. The van der Waals surface area contributed by atoms with Gasteiger partial charge in [-0.1, -0.05) is 30.3 Å². The van der Waals surface area contributed by atoms with Crippen LogP contribution in [0.5, 0.6) is 11.5 Å². The van der Waals surface area contributed by atoms with Gasteiger partial charge in [0.2, 0.25) is 0 Å². The number of hydrogen-bond donors (Lipinski definition) is 1. The van der Waals surface area contributed by atoms with Crippen molar-refractivity contribution in [3.63, 3.8) is 0 Å². The molecule has 1 amide bonds. The first-order valence-electron chi connectivity index (χ1n) is 8.82. The fourth-order valence-corrected chi connectivity index (χ4v) is 3.31. The second kappa shape index (κ2) is 7.15. The molecule has 3 aromatic rings. The van der Waals surface area contributed by atoms with Gasteiger partial charge < -0.3 is 19.4 Å². The van der Waals surface area contributed by atoms with Gasteiger partial charge in [0.05, 0.1) is 7.11 Å². The van der Waals surface area contributed by atoms with Gasteiger partial charge in [-0.05, 0) is 29.3 Å². The highest BCUT2D eigenvalue weighted by Gasteiger charge is 2.31. The zero-order chi connectivity index (χ0) is 18.8. The van der Waals surface area contributed by atoms with E-state index in [1.807, 2.05) is 66.3 Å². The Morgan fingerprint density at radius 2 is 2.04 bits per heavy atom. The van der Waals surface area contributed by atoms with Crippen LogP contribution < -0.4 is 14.8 Å². The smallest absolute Gasteiger partial charge is 0.262 e. The van der Waals surface area contributed by atoms with Crippen LogP contribution in [-0.4, -0.2) is 28.7 Å². The van der Waals surface area contributed by atoms with Crippen molar-refractivity contribution in [2.45, 2.75) is 18.6 Å². The molecule has 27 heavy (non-hydrogen) atoms. The van der Waals surface area contributed by atoms with Crippen LogP contribution in [0.25, 0.3) is 0 Å². The molecule has 1 aromatic heterocycles. The lowest BCUT2D eigenvalue weighted by Crippen LogP contribution is -2.40. The van der Waals surface area contributed by atoms with Crippen LogP contribution >= 0.6 is 0 Å². The molecule has 1 aliphatic rings. The highest BCUT2D eigenvalue weighted by molar-refractivity contribution is 5.83. The summed E-state index contributed by atoms with van der Waals surface area (Å²) in [6, 6.07) is 15.0. The molecular formula is C21H21N3O3. The van der Waals surface area contributed by atoms with Crippen molar-refractivity contribution >= 4 is 5.91 Å². The van der Waals surface area contributed by atoms with Gasteiger partial charge in [-0.2, -0.15) is 0 Å². The van der Waals surface area contributed by atoms with E-state index in [0.29, 0.717) is 6.42 Å². The maximum absolute atomic E-state index is 12.9. The van der Waals surface area contributed by atoms with E-state index in [1.54, 1.807) is 13.3 Å². The standard InChI is InChI=1S/C21H21N3O3/c1-24-12-11-22-20(24)19(14-7-9-16(26-2)10-8-14)23-21(25)18-13-15-5-3-4-6-17(15)27-18/h3-12,18-19H,13H2,1-2H3,(H,23,25). The minimum atomic E-state index is -0.539. The lowest BCUT2D eigenvalue weighted by atomic mass is 10.0. The fraction of sp³-hybridized carbons (Fsp3) is 0.238. The number of aromatic nitrogens is 2. The van der Waals surface area contributed by atoms with E-state index in [1.165, 1.54) is 0 Å². The third kappa shape index (κ3) is 3.38. The Hall–Kier alpha value is -3.28. The Morgan fingerprint density at radius 1 is 1.26 bits per heavy atom. The number of rotatable bonds is 5. The third-order valence-corrected chi connectivity index (χ3v) is 4.79. The van der Waals surface area contributed by atoms with Crippen molar-refractivity contribution in [1.82, 2.24) is 14.9 Å². The highest BCUT2D eigenvalue weighted by atomic mass is 16.5. The van der Waals surface area contributed by atoms with Gasteiger partial charge in [0.1, 0.15) is 23.4 Å². The lowest BCUT2D eigenvalue weighted by Gasteiger charge is -2.21. The first-order chi connectivity index (χ1) is 13.2. The van der Waals surface area contributed by atoms with E-state index < -0.39 is 6.10 Å². The Bertz CT molecular complexity index is 924. The molecule has 1 aliphatic heterocycles. The van der Waals surface area contributed by atoms with E-state index in [9.17, 15) is 4.79 Å². The summed E-state index contributed by atoms with van der Waals surface area (Å²) in [6.07, 6.45) is 3.61. The number of methoxy groups -OCH3 is 1. The number of nitrogens with one attached hydrogen (secondary N) is 1. The topological polar surface area (TPSA) is 65.4 Å². The zero-order valence-corrected chi connectivity index (χ0v) is 15.3. The average Bonchev–Trinajstić information content (AvgIpc) is 3.32. The molecule has 4 rings (SSSR count). The molecule has 2 heterocycles. The minimum absolute atomic E-state index is 0.157. The van der Waals surface area contributed by atoms with Crippen LogP contribution in [0.3, 0.4) is 0 Å². The van der Waals surface area contributed by atoms with Crippen LogP contribution in [0, 0.1) is 0 Å². The second-order valence-corrected chi connectivity index (χ2v) is 6.53. The predicted octanol–water partition coefficient (Wildman–Crippen LogP) is 2.64. The predicted molar refractivity (Wildman–Crippen MR) is 101 cm³/mol. The molecule has 0 radical (unpaired) electrons. The van der Waals surface area contributed by atoms with Crippen LogP contribution in [-0.2, 0) is 18.3 Å². The Labute approximate surface area is 157 Å². The second-order valence-electron chi connectivity index (χ2n) is 6.53. The molecule has 6 heteroatoms. The molecule has 2 aromatic carbocycles. The largest absolute Gasteiger partial charge is 0.497 e. The summed E-state index contributed by atoms with van der Waals surface area (Å²) in [5, 5.41) is 3.10. The lowest BCUT2D eigenvalue weighted by molar-refractivity contribution is -0.127. The molecule has 6 nitrogen and oxygen atoms in total. The number of aryl methyl sites for hydroxylation is 1. The van der Waals surface area contributed by atoms with E-state index in [0.717, 1.165) is 28.5 Å². The van der Waals surface area contributed by atoms with Crippen LogP contribution in [0.4, 0.5) is 0 Å². The van der Waals surface area contributed by atoms with Crippen LogP contribution in [0.15, 0.2) is 60.9 Å². The molecular weight excluding hydrogens is 342 g/mol.